The molecule has 0 bridgehead atoms. The fourth-order valence-corrected chi connectivity index (χ4v) is 15.0. The van der Waals surface area contributed by atoms with E-state index >= 15 is 0 Å². The summed E-state index contributed by atoms with van der Waals surface area (Å²) in [6.45, 7) is 0. The van der Waals surface area contributed by atoms with E-state index in [1.165, 1.54) is 21.9 Å². The molecule has 0 N–H and O–H groups in total. The molecular formula is C97H63N7. The summed E-state index contributed by atoms with van der Waals surface area (Å²) >= 11 is 0. The molecule has 104 heavy (non-hydrogen) atoms. The van der Waals surface area contributed by atoms with Crippen LogP contribution in [0.15, 0.2) is 382 Å². The highest BCUT2D eigenvalue weighted by Gasteiger charge is 2.23. The minimum absolute atomic E-state index is 0.609. The summed E-state index contributed by atoms with van der Waals surface area (Å²) in [5.74, 6) is 2.52. The molecule has 19 aromatic rings. The van der Waals surface area contributed by atoms with Gasteiger partial charge in [0, 0.05) is 66.3 Å². The van der Waals surface area contributed by atoms with Crippen molar-refractivity contribution in [3.63, 3.8) is 0 Å². The Bertz CT molecular complexity index is 6390. The molecule has 15 aromatic carbocycles. The van der Waals surface area contributed by atoms with E-state index in [0.29, 0.717) is 23.3 Å². The maximum atomic E-state index is 5.37. The van der Waals surface area contributed by atoms with Crippen molar-refractivity contribution in [1.82, 2.24) is 34.1 Å². The van der Waals surface area contributed by atoms with Gasteiger partial charge in [-0.3, -0.25) is 0 Å². The highest BCUT2D eigenvalue weighted by Crippen LogP contribution is 2.45. The van der Waals surface area contributed by atoms with Crippen LogP contribution in [0.1, 0.15) is 0 Å². The zero-order chi connectivity index (χ0) is 68.9. The van der Waals surface area contributed by atoms with Gasteiger partial charge < -0.3 is 9.13 Å². The molecule has 0 saturated heterocycles. The number of hydrogen-bond acceptors (Lipinski definition) is 5. The molecule has 4 aromatic heterocycles. The summed E-state index contributed by atoms with van der Waals surface area (Å²) in [4.78, 5) is 26.0. The number of fused-ring (bicyclic) bond motifs is 6. The van der Waals surface area contributed by atoms with Gasteiger partial charge in [0.25, 0.3) is 0 Å². The zero-order valence-corrected chi connectivity index (χ0v) is 56.5. The SMILES string of the molecule is c1ccc(-c2ccc3c(c2)c2c(-c4cccc(-c5cc(-c6cccc(-c7cccc(-c8cccc(-n9c%10ccc(-c%11ccccc%11)cc%10c%10c(-c%11cccc(-c%12nc(-c%13ccccc%13)nc(-c%13ccccc%13)n%12)c%11)cccc%109)c8)c7)c6)nc(-c6ccccc6)n5)c4)cccc2n3-c2ccccc2)cc1. The quantitative estimate of drug-likeness (QED) is 0.108. The van der Waals surface area contributed by atoms with Crippen LogP contribution in [0.25, 0.3) is 190 Å². The van der Waals surface area contributed by atoms with E-state index in [1.807, 2.05) is 66.7 Å². The molecule has 0 radical (unpaired) electrons. The van der Waals surface area contributed by atoms with Crippen LogP contribution in [-0.4, -0.2) is 34.1 Å². The molecule has 0 saturated carbocycles. The first-order valence-electron chi connectivity index (χ1n) is 35.2. The average Bonchev–Trinajstić information content (AvgIpc) is 1.58. The maximum absolute atomic E-state index is 5.37. The van der Waals surface area contributed by atoms with Crippen LogP contribution >= 0.6 is 0 Å². The average molecular weight is 1330 g/mol. The van der Waals surface area contributed by atoms with Crippen molar-refractivity contribution in [1.29, 1.82) is 0 Å². The van der Waals surface area contributed by atoms with E-state index in [9.17, 15) is 0 Å². The Kier molecular flexibility index (Phi) is 15.4. The van der Waals surface area contributed by atoms with Gasteiger partial charge in [0.2, 0.25) is 0 Å². The Labute approximate surface area is 602 Å². The predicted molar refractivity (Wildman–Crippen MR) is 429 cm³/mol. The minimum Gasteiger partial charge on any atom is -0.309 e. The van der Waals surface area contributed by atoms with E-state index < -0.39 is 0 Å². The molecule has 0 aliphatic heterocycles. The normalized spacial score (nSPS) is 11.5. The molecular weight excluding hydrogens is 1260 g/mol. The topological polar surface area (TPSA) is 74.3 Å². The summed E-state index contributed by atoms with van der Waals surface area (Å²) < 4.78 is 4.82. The molecule has 0 aliphatic rings. The summed E-state index contributed by atoms with van der Waals surface area (Å²) in [6, 6.07) is 136. The van der Waals surface area contributed by atoms with Gasteiger partial charge in [-0.05, 0) is 158 Å². The smallest absolute Gasteiger partial charge is 0.164 e. The first kappa shape index (κ1) is 61.1. The lowest BCUT2D eigenvalue weighted by molar-refractivity contribution is 1.07. The van der Waals surface area contributed by atoms with Crippen LogP contribution in [-0.2, 0) is 0 Å². The molecule has 0 spiro atoms. The highest BCUT2D eigenvalue weighted by molar-refractivity contribution is 6.18. The van der Waals surface area contributed by atoms with Crippen molar-refractivity contribution < 1.29 is 0 Å². The van der Waals surface area contributed by atoms with E-state index in [4.69, 9.17) is 24.9 Å². The van der Waals surface area contributed by atoms with Crippen molar-refractivity contribution >= 4 is 43.6 Å². The standard InChI is InChI=1S/C97H63N7/c1-7-26-64(27-8-1)73-52-54-88-84(61-73)92-82(48-24-50-90(92)103(88)80-45-17-6-18-46-80)75-40-21-43-78(58-75)87-63-86(98-94(99-87)66-30-11-3-12-31-66)77-42-20-38-71(57-77)69-36-19-37-70(56-69)72-39-23-47-81(60-72)104-89-55-53-74(65-28-9-2-10-29-65)62-85(89)93-83(49-25-51-91(93)104)76-41-22-44-79(59-76)97-101-95(67-32-13-4-14-33-67)100-96(102-97)68-34-15-5-16-35-68/h1-63H. The molecule has 0 fully saturated rings. The van der Waals surface area contributed by atoms with Gasteiger partial charge >= 0.3 is 0 Å². The van der Waals surface area contributed by atoms with E-state index in [2.05, 4.69) is 325 Å². The minimum atomic E-state index is 0.609. The molecule has 0 atom stereocenters. The maximum Gasteiger partial charge on any atom is 0.164 e. The molecule has 0 amide bonds. The van der Waals surface area contributed by atoms with Crippen LogP contribution in [0.5, 0.6) is 0 Å². The number of hydrogen-bond donors (Lipinski definition) is 0. The molecule has 4 heterocycles. The van der Waals surface area contributed by atoms with Gasteiger partial charge in [-0.25, -0.2) is 24.9 Å². The molecule has 7 nitrogen and oxygen atoms in total. The zero-order valence-electron chi connectivity index (χ0n) is 56.5. The van der Waals surface area contributed by atoms with E-state index in [-0.39, 0.29) is 0 Å². The molecule has 19 rings (SSSR count). The number of benzene rings is 15. The van der Waals surface area contributed by atoms with E-state index in [1.54, 1.807) is 0 Å². The molecule has 0 unspecified atom stereocenters. The predicted octanol–water partition coefficient (Wildman–Crippen LogP) is 24.9. The number of nitrogens with zero attached hydrogens (tertiary/aromatic N) is 7. The second-order valence-corrected chi connectivity index (χ2v) is 26.3. The lowest BCUT2D eigenvalue weighted by Crippen LogP contribution is -2.00. The monoisotopic (exact) mass is 1330 g/mol. The second kappa shape index (κ2) is 26.3. The van der Waals surface area contributed by atoms with Gasteiger partial charge in [0.05, 0.1) is 33.5 Å². The Hall–Kier alpha value is -14.0. The van der Waals surface area contributed by atoms with Crippen LogP contribution in [0.4, 0.5) is 0 Å². The van der Waals surface area contributed by atoms with Gasteiger partial charge in [0.15, 0.2) is 23.3 Å². The van der Waals surface area contributed by atoms with Crippen LogP contribution < -0.4 is 0 Å². The summed E-state index contributed by atoms with van der Waals surface area (Å²) in [6.07, 6.45) is 0. The summed E-state index contributed by atoms with van der Waals surface area (Å²) in [5, 5.41) is 4.71. The Morgan fingerprint density at radius 2 is 0.462 bits per heavy atom. The molecule has 0 aliphatic carbocycles. The number of para-hydroxylation sites is 1. The molecule has 7 heteroatoms. The van der Waals surface area contributed by atoms with E-state index in [0.717, 1.165) is 145 Å². The third-order valence-electron chi connectivity index (χ3n) is 20.0. The fourth-order valence-electron chi connectivity index (χ4n) is 15.0. The van der Waals surface area contributed by atoms with Gasteiger partial charge in [-0.2, -0.15) is 0 Å². The van der Waals surface area contributed by atoms with Gasteiger partial charge in [0.1, 0.15) is 0 Å². The Balaban J connectivity index is 0.685. The Morgan fingerprint density at radius 1 is 0.163 bits per heavy atom. The highest BCUT2D eigenvalue weighted by atomic mass is 15.0. The van der Waals surface area contributed by atoms with Crippen molar-refractivity contribution in [2.24, 2.45) is 0 Å². The third kappa shape index (κ3) is 11.4. The van der Waals surface area contributed by atoms with Crippen molar-refractivity contribution in [2.75, 3.05) is 0 Å². The first-order chi connectivity index (χ1) is 51.5. The number of rotatable bonds is 14. The Morgan fingerprint density at radius 3 is 0.923 bits per heavy atom. The fraction of sp³-hybridized carbons (Fsp3) is 0. The first-order valence-corrected chi connectivity index (χ1v) is 35.2. The second-order valence-electron chi connectivity index (χ2n) is 26.3. The molecule has 486 valence electrons. The van der Waals surface area contributed by atoms with Gasteiger partial charge in [-0.15, -0.1) is 0 Å². The van der Waals surface area contributed by atoms with Crippen LogP contribution in [0.3, 0.4) is 0 Å². The summed E-state index contributed by atoms with van der Waals surface area (Å²) in [7, 11) is 0. The number of aromatic nitrogens is 7. The van der Waals surface area contributed by atoms with Gasteiger partial charge in [-0.1, -0.05) is 291 Å². The van der Waals surface area contributed by atoms with Crippen molar-refractivity contribution in [2.45, 2.75) is 0 Å². The van der Waals surface area contributed by atoms with Crippen LogP contribution in [0, 0.1) is 0 Å². The van der Waals surface area contributed by atoms with Crippen LogP contribution in [0.2, 0.25) is 0 Å². The van der Waals surface area contributed by atoms with Crippen molar-refractivity contribution in [3.05, 3.63) is 382 Å². The third-order valence-corrected chi connectivity index (χ3v) is 20.0. The largest absolute Gasteiger partial charge is 0.309 e. The lowest BCUT2D eigenvalue weighted by atomic mass is 9.95. The summed E-state index contributed by atoms with van der Waals surface area (Å²) in [5.41, 5.74) is 27.6. The lowest BCUT2D eigenvalue weighted by Gasteiger charge is -2.13. The van der Waals surface area contributed by atoms with Crippen molar-refractivity contribution in [3.8, 4) is 146 Å².